The number of amides is 1. The Bertz CT molecular complexity index is 420. The fourth-order valence-electron chi connectivity index (χ4n) is 2.12. The van der Waals surface area contributed by atoms with Gasteiger partial charge in [-0.1, -0.05) is 25.6 Å². The normalized spacial score (nSPS) is 23.5. The van der Waals surface area contributed by atoms with Crippen molar-refractivity contribution in [2.24, 2.45) is 11.7 Å². The topological polar surface area (TPSA) is 89.3 Å². The molecule has 1 saturated heterocycles. The van der Waals surface area contributed by atoms with Gasteiger partial charge in [-0.3, -0.25) is 4.79 Å². The summed E-state index contributed by atoms with van der Waals surface area (Å²) >= 11 is 4.85. The minimum absolute atomic E-state index is 0.170. The molecule has 1 aliphatic rings. The standard InChI is InChI=1S/C11H20N2O3S2/c1-2-4-9(10(12)17)11(14)13-7-8-5-3-6-18(8,15)16/h8-9H,2-7H2,1H3,(H2,12,17)(H,13,14). The minimum atomic E-state index is -3.02. The number of hydrogen-bond acceptors (Lipinski definition) is 4. The van der Waals surface area contributed by atoms with E-state index < -0.39 is 21.0 Å². The Labute approximate surface area is 113 Å². The summed E-state index contributed by atoms with van der Waals surface area (Å²) in [5.41, 5.74) is 5.51. The third-order valence-corrected chi connectivity index (χ3v) is 5.76. The van der Waals surface area contributed by atoms with E-state index in [1.54, 1.807) is 0 Å². The zero-order valence-electron chi connectivity index (χ0n) is 10.5. The predicted octanol–water partition coefficient (Wildman–Crippen LogP) is 0.382. The average Bonchev–Trinajstić information content (AvgIpc) is 2.61. The highest BCUT2D eigenvalue weighted by Gasteiger charge is 2.32. The summed E-state index contributed by atoms with van der Waals surface area (Å²) in [5.74, 6) is -0.526. The summed E-state index contributed by atoms with van der Waals surface area (Å²) in [5, 5.41) is 2.21. The van der Waals surface area contributed by atoms with Crippen molar-refractivity contribution in [3.05, 3.63) is 0 Å². The largest absolute Gasteiger partial charge is 0.393 e. The molecule has 5 nitrogen and oxygen atoms in total. The van der Waals surface area contributed by atoms with Crippen molar-refractivity contribution in [2.45, 2.75) is 37.9 Å². The second kappa shape index (κ2) is 6.47. The monoisotopic (exact) mass is 292 g/mol. The molecule has 1 heterocycles. The number of carbonyl (C=O) groups is 1. The zero-order valence-corrected chi connectivity index (χ0v) is 12.1. The van der Waals surface area contributed by atoms with Crippen molar-refractivity contribution in [2.75, 3.05) is 12.3 Å². The highest BCUT2D eigenvalue weighted by molar-refractivity contribution is 7.92. The van der Waals surface area contributed by atoms with Crippen LogP contribution in [0, 0.1) is 5.92 Å². The highest BCUT2D eigenvalue weighted by Crippen LogP contribution is 2.19. The van der Waals surface area contributed by atoms with Crippen LogP contribution < -0.4 is 11.1 Å². The summed E-state index contributed by atoms with van der Waals surface area (Å²) in [6.45, 7) is 2.12. The van der Waals surface area contributed by atoms with Gasteiger partial charge in [0.05, 0.1) is 21.9 Å². The molecule has 0 radical (unpaired) electrons. The third-order valence-electron chi connectivity index (χ3n) is 3.20. The van der Waals surface area contributed by atoms with Gasteiger partial charge < -0.3 is 11.1 Å². The number of hydrogen-bond donors (Lipinski definition) is 2. The molecular formula is C11H20N2O3S2. The summed E-state index contributed by atoms with van der Waals surface area (Å²) in [4.78, 5) is 12.0. The Balaban J connectivity index is 2.52. The number of carbonyl (C=O) groups excluding carboxylic acids is 1. The molecule has 2 unspecified atom stereocenters. The van der Waals surface area contributed by atoms with E-state index in [1.165, 1.54) is 0 Å². The van der Waals surface area contributed by atoms with Crippen molar-refractivity contribution in [3.63, 3.8) is 0 Å². The van der Waals surface area contributed by atoms with Gasteiger partial charge in [0.1, 0.15) is 0 Å². The highest BCUT2D eigenvalue weighted by atomic mass is 32.2. The summed E-state index contributed by atoms with van der Waals surface area (Å²) in [6, 6.07) is 0. The molecule has 0 saturated carbocycles. The van der Waals surface area contributed by atoms with Crippen molar-refractivity contribution in [3.8, 4) is 0 Å². The third kappa shape index (κ3) is 3.91. The molecule has 1 amide bonds. The lowest BCUT2D eigenvalue weighted by atomic mass is 10.0. The number of rotatable bonds is 6. The molecule has 1 aliphatic heterocycles. The van der Waals surface area contributed by atoms with E-state index in [4.69, 9.17) is 18.0 Å². The molecule has 0 spiro atoms. The van der Waals surface area contributed by atoms with Gasteiger partial charge in [-0.2, -0.15) is 0 Å². The lowest BCUT2D eigenvalue weighted by molar-refractivity contribution is -0.123. The smallest absolute Gasteiger partial charge is 0.229 e. The maximum atomic E-state index is 11.9. The first-order valence-corrected chi connectivity index (χ1v) is 8.29. The van der Waals surface area contributed by atoms with Crippen molar-refractivity contribution >= 4 is 33.0 Å². The molecule has 7 heteroatoms. The second-order valence-corrected chi connectivity index (χ2v) is 7.49. The van der Waals surface area contributed by atoms with Crippen molar-refractivity contribution < 1.29 is 13.2 Å². The summed E-state index contributed by atoms with van der Waals surface area (Å²) < 4.78 is 23.2. The van der Waals surface area contributed by atoms with Crippen LogP contribution in [0.4, 0.5) is 0 Å². The SMILES string of the molecule is CCCC(C(=O)NCC1CCCS1(=O)=O)C(N)=S. The minimum Gasteiger partial charge on any atom is -0.393 e. The molecule has 0 aromatic carbocycles. The van der Waals surface area contributed by atoms with Crippen LogP contribution in [0.5, 0.6) is 0 Å². The van der Waals surface area contributed by atoms with Crippen LogP contribution in [0.15, 0.2) is 0 Å². The molecule has 0 aromatic rings. The van der Waals surface area contributed by atoms with E-state index in [1.807, 2.05) is 6.92 Å². The Kier molecular flexibility index (Phi) is 5.52. The quantitative estimate of drug-likeness (QED) is 0.691. The first-order valence-electron chi connectivity index (χ1n) is 6.17. The van der Waals surface area contributed by atoms with E-state index in [-0.39, 0.29) is 23.2 Å². The van der Waals surface area contributed by atoms with Gasteiger partial charge in [0.25, 0.3) is 0 Å². The van der Waals surface area contributed by atoms with Gasteiger partial charge >= 0.3 is 0 Å². The Morgan fingerprint density at radius 2 is 2.22 bits per heavy atom. The lowest BCUT2D eigenvalue weighted by Gasteiger charge is -2.16. The molecule has 1 fully saturated rings. The molecule has 18 heavy (non-hydrogen) atoms. The Morgan fingerprint density at radius 1 is 1.56 bits per heavy atom. The predicted molar refractivity (Wildman–Crippen MR) is 75.0 cm³/mol. The van der Waals surface area contributed by atoms with E-state index in [2.05, 4.69) is 5.32 Å². The van der Waals surface area contributed by atoms with Crippen LogP contribution in [0.3, 0.4) is 0 Å². The molecule has 2 atom stereocenters. The second-order valence-electron chi connectivity index (χ2n) is 4.62. The van der Waals surface area contributed by atoms with Crippen LogP contribution >= 0.6 is 12.2 Å². The average molecular weight is 292 g/mol. The van der Waals surface area contributed by atoms with Crippen molar-refractivity contribution in [1.29, 1.82) is 0 Å². The van der Waals surface area contributed by atoms with Gasteiger partial charge in [-0.05, 0) is 19.3 Å². The lowest BCUT2D eigenvalue weighted by Crippen LogP contribution is -2.41. The van der Waals surface area contributed by atoms with Crippen LogP contribution in [-0.2, 0) is 14.6 Å². The van der Waals surface area contributed by atoms with Gasteiger partial charge in [-0.15, -0.1) is 0 Å². The number of nitrogens with two attached hydrogens (primary N) is 1. The van der Waals surface area contributed by atoms with Crippen LogP contribution in [0.2, 0.25) is 0 Å². The maximum absolute atomic E-state index is 11.9. The first kappa shape index (κ1) is 15.4. The number of sulfone groups is 1. The maximum Gasteiger partial charge on any atom is 0.229 e. The Hall–Kier alpha value is -0.690. The fourth-order valence-corrected chi connectivity index (χ4v) is 4.11. The van der Waals surface area contributed by atoms with E-state index >= 15 is 0 Å². The van der Waals surface area contributed by atoms with Crippen molar-refractivity contribution in [1.82, 2.24) is 5.32 Å². The molecule has 0 aromatic heterocycles. The van der Waals surface area contributed by atoms with Gasteiger partial charge in [0.2, 0.25) is 5.91 Å². The molecular weight excluding hydrogens is 272 g/mol. The van der Waals surface area contributed by atoms with Gasteiger partial charge in [0, 0.05) is 6.54 Å². The molecule has 0 bridgehead atoms. The number of thiocarbonyl (C=S) groups is 1. The zero-order chi connectivity index (χ0) is 13.8. The first-order chi connectivity index (χ1) is 8.38. The fraction of sp³-hybridized carbons (Fsp3) is 0.818. The molecule has 104 valence electrons. The van der Waals surface area contributed by atoms with E-state index in [0.717, 1.165) is 6.42 Å². The van der Waals surface area contributed by atoms with Gasteiger partial charge in [0.15, 0.2) is 9.84 Å². The molecule has 1 rings (SSSR count). The molecule has 0 aliphatic carbocycles. The summed E-state index contributed by atoms with van der Waals surface area (Å²) in [6.07, 6.45) is 2.69. The number of nitrogens with one attached hydrogen (secondary N) is 1. The van der Waals surface area contributed by atoms with E-state index in [0.29, 0.717) is 19.3 Å². The van der Waals surface area contributed by atoms with Gasteiger partial charge in [-0.25, -0.2) is 8.42 Å². The van der Waals surface area contributed by atoms with Crippen LogP contribution in [0.25, 0.3) is 0 Å². The van der Waals surface area contributed by atoms with E-state index in [9.17, 15) is 13.2 Å². The van der Waals surface area contributed by atoms with Crippen LogP contribution in [0.1, 0.15) is 32.6 Å². The Morgan fingerprint density at radius 3 is 2.67 bits per heavy atom. The van der Waals surface area contributed by atoms with Crippen LogP contribution in [-0.4, -0.2) is 36.9 Å². The molecule has 3 N–H and O–H groups in total. The summed E-state index contributed by atoms with van der Waals surface area (Å²) in [7, 11) is -3.02.